The van der Waals surface area contributed by atoms with E-state index in [9.17, 15) is 18.0 Å². The van der Waals surface area contributed by atoms with E-state index in [1.54, 1.807) is 19.9 Å². The number of ketones is 1. The Morgan fingerprint density at radius 3 is 2.50 bits per heavy atom. The molecule has 26 heavy (non-hydrogen) atoms. The van der Waals surface area contributed by atoms with Crippen molar-refractivity contribution in [3.8, 4) is 0 Å². The highest BCUT2D eigenvalue weighted by molar-refractivity contribution is 7.89. The third kappa shape index (κ3) is 4.18. The number of anilines is 1. The van der Waals surface area contributed by atoms with Crippen molar-refractivity contribution in [3.63, 3.8) is 0 Å². The van der Waals surface area contributed by atoms with Crippen molar-refractivity contribution in [2.45, 2.75) is 25.7 Å². The van der Waals surface area contributed by atoms with Gasteiger partial charge in [0.2, 0.25) is 10.0 Å². The Balaban J connectivity index is 2.27. The number of hydrogen-bond acceptors (Lipinski definition) is 5. The number of hydrogen-bond donors (Lipinski definition) is 4. The first-order valence-electron chi connectivity index (χ1n) is 7.98. The fraction of sp³-hybridized carbons (Fsp3) is 0.294. The van der Waals surface area contributed by atoms with Crippen LogP contribution >= 0.6 is 0 Å². The number of aromatic amines is 1. The lowest BCUT2D eigenvalue weighted by molar-refractivity contribution is 0.101. The average Bonchev–Trinajstić information content (AvgIpc) is 2.88. The fourth-order valence-corrected chi connectivity index (χ4v) is 3.81. The Hall–Kier alpha value is -2.49. The van der Waals surface area contributed by atoms with Crippen molar-refractivity contribution < 1.29 is 18.0 Å². The predicted octanol–water partition coefficient (Wildman–Crippen LogP) is 1.32. The minimum Gasteiger partial charge on any atom is -0.354 e. The van der Waals surface area contributed by atoms with E-state index in [-0.39, 0.29) is 29.5 Å². The molecule has 8 nitrogen and oxygen atoms in total. The van der Waals surface area contributed by atoms with Crippen LogP contribution in [-0.4, -0.2) is 38.2 Å². The lowest BCUT2D eigenvalue weighted by Crippen LogP contribution is -2.29. The number of nitrogens with one attached hydrogen (secondary N) is 3. The van der Waals surface area contributed by atoms with Crippen molar-refractivity contribution in [3.05, 3.63) is 46.8 Å². The summed E-state index contributed by atoms with van der Waals surface area (Å²) in [6.07, 6.45) is 0. The topological polar surface area (TPSA) is 134 Å². The summed E-state index contributed by atoms with van der Waals surface area (Å²) >= 11 is 0. The molecule has 0 aliphatic heterocycles. The number of sulfonamides is 1. The van der Waals surface area contributed by atoms with Gasteiger partial charge in [0.05, 0.1) is 4.90 Å². The summed E-state index contributed by atoms with van der Waals surface area (Å²) in [6, 6.07) is 5.89. The zero-order valence-corrected chi connectivity index (χ0v) is 15.7. The second-order valence-corrected chi connectivity index (χ2v) is 7.62. The van der Waals surface area contributed by atoms with Gasteiger partial charge in [0.25, 0.3) is 5.91 Å². The number of amides is 1. The van der Waals surface area contributed by atoms with Crippen molar-refractivity contribution in [2.24, 2.45) is 5.73 Å². The fourth-order valence-electron chi connectivity index (χ4n) is 2.72. The molecule has 0 saturated heterocycles. The van der Waals surface area contributed by atoms with Crippen LogP contribution < -0.4 is 15.8 Å². The Labute approximate surface area is 152 Å². The molecule has 5 N–H and O–H groups in total. The first-order chi connectivity index (χ1) is 12.2. The van der Waals surface area contributed by atoms with Crippen molar-refractivity contribution >= 4 is 27.4 Å². The van der Waals surface area contributed by atoms with Crippen LogP contribution in [0.2, 0.25) is 0 Å². The molecule has 0 atom stereocenters. The maximum Gasteiger partial charge on any atom is 0.272 e. The van der Waals surface area contributed by atoms with Gasteiger partial charge in [-0.1, -0.05) is 6.07 Å². The number of carbonyl (C=O) groups excluding carboxylic acids is 2. The molecule has 0 unspecified atom stereocenters. The Bertz CT molecular complexity index is 948. The average molecular weight is 378 g/mol. The summed E-state index contributed by atoms with van der Waals surface area (Å²) in [6.45, 7) is 5.14. The highest BCUT2D eigenvalue weighted by atomic mass is 32.2. The quantitative estimate of drug-likeness (QED) is 0.539. The van der Waals surface area contributed by atoms with Gasteiger partial charge in [0.15, 0.2) is 5.78 Å². The first kappa shape index (κ1) is 19.8. The van der Waals surface area contributed by atoms with Crippen molar-refractivity contribution in [1.82, 2.24) is 9.71 Å². The Morgan fingerprint density at radius 2 is 1.92 bits per heavy atom. The smallest absolute Gasteiger partial charge is 0.272 e. The maximum absolute atomic E-state index is 12.5. The molecule has 9 heteroatoms. The summed E-state index contributed by atoms with van der Waals surface area (Å²) < 4.78 is 26.7. The third-order valence-corrected chi connectivity index (χ3v) is 5.31. The van der Waals surface area contributed by atoms with E-state index in [1.165, 1.54) is 25.1 Å². The lowest BCUT2D eigenvalue weighted by atomic mass is 10.1. The zero-order valence-electron chi connectivity index (χ0n) is 14.8. The monoisotopic (exact) mass is 378 g/mol. The van der Waals surface area contributed by atoms with Crippen LogP contribution in [0.15, 0.2) is 29.2 Å². The number of carbonyl (C=O) groups is 2. The molecule has 1 amide bonds. The molecule has 140 valence electrons. The molecule has 1 aromatic heterocycles. The number of aromatic nitrogens is 1. The number of H-pyrrole nitrogens is 1. The van der Waals surface area contributed by atoms with Crippen molar-refractivity contribution in [2.75, 3.05) is 18.4 Å². The number of aryl methyl sites for hydroxylation is 1. The summed E-state index contributed by atoms with van der Waals surface area (Å²) in [4.78, 5) is 27.1. The Kier molecular flexibility index (Phi) is 5.96. The first-order valence-corrected chi connectivity index (χ1v) is 9.47. The predicted molar refractivity (Wildman–Crippen MR) is 98.9 cm³/mol. The standard InChI is InChI=1S/C17H22N4O4S/c1-10-15(12(3)22)11(2)20-16(10)17(23)21-13-5-4-6-14(9-13)26(24,25)19-8-7-18/h4-6,9,19-20H,7-8,18H2,1-3H3,(H,21,23). The van der Waals surface area contributed by atoms with Crippen LogP contribution in [0.5, 0.6) is 0 Å². The van der Waals surface area contributed by atoms with E-state index in [0.717, 1.165) is 0 Å². The van der Waals surface area contributed by atoms with Gasteiger partial charge < -0.3 is 16.0 Å². The maximum atomic E-state index is 12.5. The largest absolute Gasteiger partial charge is 0.354 e. The highest BCUT2D eigenvalue weighted by Crippen LogP contribution is 2.21. The molecule has 2 rings (SSSR count). The van der Waals surface area contributed by atoms with E-state index in [2.05, 4.69) is 15.0 Å². The van der Waals surface area contributed by atoms with Gasteiger partial charge in [0.1, 0.15) is 5.69 Å². The van der Waals surface area contributed by atoms with Gasteiger partial charge in [-0.3, -0.25) is 9.59 Å². The SMILES string of the molecule is CC(=O)c1c(C)[nH]c(C(=O)Nc2cccc(S(=O)(=O)NCCN)c2)c1C. The third-order valence-electron chi connectivity index (χ3n) is 3.86. The second kappa shape index (κ2) is 7.81. The molecule has 0 radical (unpaired) electrons. The lowest BCUT2D eigenvalue weighted by Gasteiger charge is -2.09. The van der Waals surface area contributed by atoms with Gasteiger partial charge in [-0.15, -0.1) is 0 Å². The van der Waals surface area contributed by atoms with Crippen molar-refractivity contribution in [1.29, 1.82) is 0 Å². The number of rotatable bonds is 7. The number of nitrogens with two attached hydrogens (primary N) is 1. The van der Waals surface area contributed by atoms with E-state index in [0.29, 0.717) is 22.5 Å². The van der Waals surface area contributed by atoms with Crippen LogP contribution in [0, 0.1) is 13.8 Å². The van der Waals surface area contributed by atoms with Crippen LogP contribution in [0.4, 0.5) is 5.69 Å². The van der Waals surface area contributed by atoms with Crippen LogP contribution in [0.1, 0.15) is 39.0 Å². The molecule has 0 aliphatic rings. The summed E-state index contributed by atoms with van der Waals surface area (Å²) in [7, 11) is -3.70. The molecule has 0 aliphatic carbocycles. The minimum atomic E-state index is -3.70. The van der Waals surface area contributed by atoms with Gasteiger partial charge in [0, 0.05) is 30.0 Å². The van der Waals surface area contributed by atoms with Crippen LogP contribution in [0.25, 0.3) is 0 Å². The summed E-state index contributed by atoms with van der Waals surface area (Å²) in [5.74, 6) is -0.586. The molecule has 0 bridgehead atoms. The molecule has 1 aromatic carbocycles. The molecule has 1 heterocycles. The minimum absolute atomic E-state index is 0.0209. The number of Topliss-reactive ketones (excluding diaryl/α,β-unsaturated/α-hetero) is 1. The summed E-state index contributed by atoms with van der Waals surface area (Å²) in [5, 5.41) is 2.65. The van der Waals surface area contributed by atoms with Gasteiger partial charge in [-0.25, -0.2) is 13.1 Å². The van der Waals surface area contributed by atoms with Crippen LogP contribution in [0.3, 0.4) is 0 Å². The molecule has 2 aromatic rings. The van der Waals surface area contributed by atoms with E-state index in [1.807, 2.05) is 0 Å². The zero-order chi connectivity index (χ0) is 19.5. The molecular formula is C17H22N4O4S. The van der Waals surface area contributed by atoms with E-state index >= 15 is 0 Å². The number of benzene rings is 1. The molecule has 0 spiro atoms. The molecule has 0 fully saturated rings. The van der Waals surface area contributed by atoms with E-state index in [4.69, 9.17) is 5.73 Å². The summed E-state index contributed by atoms with van der Waals surface area (Å²) in [5.41, 5.74) is 7.55. The normalized spacial score (nSPS) is 11.4. The van der Waals surface area contributed by atoms with Gasteiger partial charge >= 0.3 is 0 Å². The van der Waals surface area contributed by atoms with E-state index < -0.39 is 15.9 Å². The van der Waals surface area contributed by atoms with Gasteiger partial charge in [-0.2, -0.15) is 0 Å². The van der Waals surface area contributed by atoms with Gasteiger partial charge in [-0.05, 0) is 44.5 Å². The molecular weight excluding hydrogens is 356 g/mol. The van der Waals surface area contributed by atoms with Crippen LogP contribution in [-0.2, 0) is 10.0 Å². The molecule has 0 saturated carbocycles. The highest BCUT2D eigenvalue weighted by Gasteiger charge is 2.20. The Morgan fingerprint density at radius 1 is 1.23 bits per heavy atom. The second-order valence-electron chi connectivity index (χ2n) is 5.85.